The minimum absolute atomic E-state index is 0.0363. The fourth-order valence-corrected chi connectivity index (χ4v) is 5.00. The summed E-state index contributed by atoms with van der Waals surface area (Å²) in [6, 6.07) is 18.3. The van der Waals surface area contributed by atoms with Crippen LogP contribution in [-0.2, 0) is 4.74 Å². The Morgan fingerprint density at radius 1 is 1.03 bits per heavy atom. The van der Waals surface area contributed by atoms with Crippen molar-refractivity contribution in [1.29, 1.82) is 0 Å². The van der Waals surface area contributed by atoms with Crippen molar-refractivity contribution in [3.05, 3.63) is 95.0 Å². The second-order valence-electron chi connectivity index (χ2n) is 8.94. The van der Waals surface area contributed by atoms with Crippen molar-refractivity contribution < 1.29 is 18.7 Å². The molecule has 2 aromatic carbocycles. The Morgan fingerprint density at radius 3 is 2.49 bits per heavy atom. The molecule has 2 atom stereocenters. The van der Waals surface area contributed by atoms with Crippen molar-refractivity contribution in [3.63, 3.8) is 0 Å². The molecule has 0 saturated carbocycles. The lowest BCUT2D eigenvalue weighted by molar-refractivity contribution is -0.104. The Morgan fingerprint density at radius 2 is 1.78 bits per heavy atom. The predicted octanol–water partition coefficient (Wildman–Crippen LogP) is 4.59. The van der Waals surface area contributed by atoms with E-state index in [9.17, 15) is 14.0 Å². The average Bonchev–Trinajstić information content (AvgIpc) is 3.34. The molecule has 2 saturated heterocycles. The van der Waals surface area contributed by atoms with Gasteiger partial charge in [-0.1, -0.05) is 35.9 Å². The molecule has 2 aliphatic heterocycles. The molecule has 4 heterocycles. The molecule has 2 amide bonds. The molecule has 37 heavy (non-hydrogen) atoms. The number of anilines is 1. The van der Waals surface area contributed by atoms with Gasteiger partial charge in [-0.25, -0.2) is 9.07 Å². The lowest BCUT2D eigenvalue weighted by atomic mass is 9.91. The number of aromatic nitrogens is 3. The van der Waals surface area contributed by atoms with Crippen LogP contribution in [0.25, 0.3) is 16.9 Å². The number of benzene rings is 2. The number of rotatable bonds is 5. The number of carbonyl (C=O) groups is 2. The first-order valence-electron chi connectivity index (χ1n) is 11.8. The molecule has 4 aromatic rings. The standard InChI is InChI=1S/C27H21ClFN5O3/c28-21-12-22(29)20(23-8-4-5-9-30-23)11-19(21)26(35)31-25-13-24(32-34(25)16-6-2-1-3-7-16)27(36)33-17-10-18(33)15-37-14-17/h1-9,11-13,17-18H,10,14-15H2,(H,31,35). The van der Waals surface area contributed by atoms with Crippen molar-refractivity contribution in [1.82, 2.24) is 19.7 Å². The highest BCUT2D eigenvalue weighted by molar-refractivity contribution is 6.34. The van der Waals surface area contributed by atoms with E-state index in [4.69, 9.17) is 16.3 Å². The van der Waals surface area contributed by atoms with Gasteiger partial charge in [0.2, 0.25) is 0 Å². The number of pyridine rings is 1. The van der Waals surface area contributed by atoms with Crippen LogP contribution in [0.15, 0.2) is 72.9 Å². The topological polar surface area (TPSA) is 89.4 Å². The van der Waals surface area contributed by atoms with Gasteiger partial charge < -0.3 is 15.0 Å². The average molecular weight is 518 g/mol. The number of carbonyl (C=O) groups excluding carboxylic acids is 2. The Balaban J connectivity index is 1.35. The number of nitrogens with one attached hydrogen (secondary N) is 1. The van der Waals surface area contributed by atoms with E-state index in [-0.39, 0.29) is 45.7 Å². The number of ether oxygens (including phenoxy) is 1. The van der Waals surface area contributed by atoms with E-state index >= 15 is 0 Å². The van der Waals surface area contributed by atoms with Crippen molar-refractivity contribution in [2.24, 2.45) is 0 Å². The molecule has 6 rings (SSSR count). The van der Waals surface area contributed by atoms with E-state index in [1.165, 1.54) is 10.7 Å². The first-order valence-corrected chi connectivity index (χ1v) is 12.1. The van der Waals surface area contributed by atoms with Crippen LogP contribution in [0.3, 0.4) is 0 Å². The number of fused-ring (bicyclic) bond motifs is 2. The number of halogens is 2. The van der Waals surface area contributed by atoms with Crippen molar-refractivity contribution in [2.45, 2.75) is 18.5 Å². The van der Waals surface area contributed by atoms with Gasteiger partial charge in [0.15, 0.2) is 5.69 Å². The molecule has 0 radical (unpaired) electrons. The highest BCUT2D eigenvalue weighted by atomic mass is 35.5. The van der Waals surface area contributed by atoms with Gasteiger partial charge in [-0.05, 0) is 42.8 Å². The third kappa shape index (κ3) is 4.26. The lowest BCUT2D eigenvalue weighted by Gasteiger charge is -2.51. The maximum absolute atomic E-state index is 14.7. The maximum Gasteiger partial charge on any atom is 0.275 e. The number of amides is 2. The van der Waals surface area contributed by atoms with Crippen molar-refractivity contribution in [3.8, 4) is 16.9 Å². The second-order valence-corrected chi connectivity index (χ2v) is 9.34. The number of hydrogen-bond donors (Lipinski definition) is 1. The van der Waals surface area contributed by atoms with E-state index in [1.807, 2.05) is 30.3 Å². The monoisotopic (exact) mass is 517 g/mol. The molecule has 0 aliphatic carbocycles. The Labute approximate surface area is 216 Å². The van der Waals surface area contributed by atoms with Crippen LogP contribution in [0.1, 0.15) is 27.3 Å². The summed E-state index contributed by atoms with van der Waals surface area (Å²) in [5, 5.41) is 7.28. The molecule has 2 aliphatic rings. The van der Waals surface area contributed by atoms with Crippen LogP contribution in [0.2, 0.25) is 5.02 Å². The Bertz CT molecular complexity index is 1480. The number of nitrogens with zero attached hydrogens (tertiary/aromatic N) is 4. The molecule has 2 fully saturated rings. The van der Waals surface area contributed by atoms with Crippen LogP contribution >= 0.6 is 11.6 Å². The molecule has 1 N–H and O–H groups in total. The van der Waals surface area contributed by atoms with E-state index in [0.29, 0.717) is 24.6 Å². The first-order chi connectivity index (χ1) is 18.0. The molecular formula is C27H21ClFN5O3. The first kappa shape index (κ1) is 23.3. The molecule has 8 nitrogen and oxygen atoms in total. The number of morpholine rings is 1. The quantitative estimate of drug-likeness (QED) is 0.418. The molecule has 2 unspecified atom stereocenters. The van der Waals surface area contributed by atoms with Gasteiger partial charge in [0.05, 0.1) is 47.3 Å². The molecule has 2 bridgehead atoms. The molecule has 0 spiro atoms. The smallest absolute Gasteiger partial charge is 0.275 e. The fraction of sp³-hybridized carbons (Fsp3) is 0.185. The lowest BCUT2D eigenvalue weighted by Crippen LogP contribution is -2.65. The van der Waals surface area contributed by atoms with Crippen LogP contribution in [0.4, 0.5) is 10.2 Å². The van der Waals surface area contributed by atoms with Gasteiger partial charge in [0.1, 0.15) is 11.6 Å². The third-order valence-corrected chi connectivity index (χ3v) is 6.91. The minimum atomic E-state index is -0.591. The number of hydrogen-bond acceptors (Lipinski definition) is 5. The molecule has 2 aromatic heterocycles. The highest BCUT2D eigenvalue weighted by Crippen LogP contribution is 2.33. The summed E-state index contributed by atoms with van der Waals surface area (Å²) in [7, 11) is 0. The normalized spacial score (nSPS) is 18.3. The van der Waals surface area contributed by atoms with Gasteiger partial charge in [-0.2, -0.15) is 5.10 Å². The zero-order valence-corrected chi connectivity index (χ0v) is 20.2. The van der Waals surface area contributed by atoms with E-state index in [2.05, 4.69) is 15.4 Å². The van der Waals surface area contributed by atoms with E-state index < -0.39 is 11.7 Å². The summed E-state index contributed by atoms with van der Waals surface area (Å²) >= 11 is 6.27. The van der Waals surface area contributed by atoms with Crippen LogP contribution in [0, 0.1) is 5.82 Å². The summed E-state index contributed by atoms with van der Waals surface area (Å²) in [6.07, 6.45) is 2.45. The maximum atomic E-state index is 14.7. The zero-order valence-electron chi connectivity index (χ0n) is 19.5. The zero-order chi connectivity index (χ0) is 25.5. The molecular weight excluding hydrogens is 497 g/mol. The molecule has 186 valence electrons. The number of para-hydroxylation sites is 1. The SMILES string of the molecule is O=C(Nc1cc(C(=O)N2C3COCC2C3)nn1-c1ccccc1)c1cc(-c2ccccn2)c(F)cc1Cl. The summed E-state index contributed by atoms with van der Waals surface area (Å²) in [5.41, 5.74) is 1.44. The minimum Gasteiger partial charge on any atom is -0.377 e. The van der Waals surface area contributed by atoms with Gasteiger partial charge in [0, 0.05) is 17.8 Å². The largest absolute Gasteiger partial charge is 0.377 e. The summed E-state index contributed by atoms with van der Waals surface area (Å²) in [4.78, 5) is 32.6. The summed E-state index contributed by atoms with van der Waals surface area (Å²) in [5.74, 6) is -1.10. The summed E-state index contributed by atoms with van der Waals surface area (Å²) < 4.78 is 21.7. The Kier molecular flexibility index (Phi) is 5.94. The van der Waals surface area contributed by atoms with Crippen molar-refractivity contribution in [2.75, 3.05) is 18.5 Å². The summed E-state index contributed by atoms with van der Waals surface area (Å²) in [6.45, 7) is 1.01. The van der Waals surface area contributed by atoms with Crippen LogP contribution in [-0.4, -0.2) is 56.8 Å². The van der Waals surface area contributed by atoms with Crippen LogP contribution < -0.4 is 5.32 Å². The van der Waals surface area contributed by atoms with Gasteiger partial charge in [-0.15, -0.1) is 0 Å². The second kappa shape index (κ2) is 9.42. The van der Waals surface area contributed by atoms with Gasteiger partial charge in [-0.3, -0.25) is 14.6 Å². The highest BCUT2D eigenvalue weighted by Gasteiger charge is 2.46. The van der Waals surface area contributed by atoms with Gasteiger partial charge >= 0.3 is 0 Å². The third-order valence-electron chi connectivity index (χ3n) is 6.60. The van der Waals surface area contributed by atoms with Crippen LogP contribution in [0.5, 0.6) is 0 Å². The van der Waals surface area contributed by atoms with Gasteiger partial charge in [0.25, 0.3) is 11.8 Å². The van der Waals surface area contributed by atoms with E-state index in [1.54, 1.807) is 35.4 Å². The Hall–Kier alpha value is -4.08. The fourth-order valence-electron chi connectivity index (χ4n) is 4.77. The predicted molar refractivity (Wildman–Crippen MR) is 135 cm³/mol. The molecule has 10 heteroatoms. The van der Waals surface area contributed by atoms with E-state index in [0.717, 1.165) is 12.5 Å². The van der Waals surface area contributed by atoms with Crippen molar-refractivity contribution >= 4 is 29.2 Å².